The van der Waals surface area contributed by atoms with Crippen LogP contribution in [0.15, 0.2) is 78.2 Å². The number of hydrogen-bond acceptors (Lipinski definition) is 6. The van der Waals surface area contributed by atoms with E-state index in [9.17, 15) is 9.59 Å². The molecule has 4 rings (SSSR count). The number of rotatable bonds is 5. The number of carbonyl (C=O) groups is 2. The van der Waals surface area contributed by atoms with Gasteiger partial charge < -0.3 is 4.74 Å². The topological polar surface area (TPSA) is 80.6 Å². The number of halogens is 1. The van der Waals surface area contributed by atoms with E-state index in [2.05, 4.69) is 15.5 Å². The number of ether oxygens (including phenoxy) is 1. The molecule has 148 valence electrons. The Morgan fingerprint density at radius 1 is 1.07 bits per heavy atom. The average molecular weight is 436 g/mol. The molecule has 0 aliphatic rings. The molecule has 0 atom stereocenters. The van der Waals surface area contributed by atoms with Gasteiger partial charge in [0.1, 0.15) is 10.6 Å². The number of carbonyl (C=O) groups excluding carboxylic acids is 2. The predicted octanol–water partition coefficient (Wildman–Crippen LogP) is 4.93. The number of aromatic nitrogens is 1. The molecular formula is C22H14ClN3O3S. The number of fused-ring (bicyclic) bond motifs is 1. The van der Waals surface area contributed by atoms with Gasteiger partial charge in [-0.15, -0.1) is 11.3 Å². The van der Waals surface area contributed by atoms with Gasteiger partial charge in [-0.2, -0.15) is 5.10 Å². The lowest BCUT2D eigenvalue weighted by atomic mass is 10.2. The highest BCUT2D eigenvalue weighted by Gasteiger charge is 2.19. The zero-order valence-electron chi connectivity index (χ0n) is 15.4. The summed E-state index contributed by atoms with van der Waals surface area (Å²) in [6, 6.07) is 17.7. The second-order valence-electron chi connectivity index (χ2n) is 6.11. The Hall–Kier alpha value is -3.55. The maximum atomic E-state index is 12.7. The molecule has 2 aromatic heterocycles. The number of thiophene rings is 1. The second-order valence-corrected chi connectivity index (χ2v) is 7.54. The molecule has 0 aliphatic heterocycles. The quantitative estimate of drug-likeness (QED) is 0.208. The molecule has 1 N–H and O–H groups in total. The summed E-state index contributed by atoms with van der Waals surface area (Å²) >= 11 is 7.64. The van der Waals surface area contributed by atoms with E-state index >= 15 is 0 Å². The van der Waals surface area contributed by atoms with E-state index in [1.165, 1.54) is 23.7 Å². The normalized spacial score (nSPS) is 11.0. The molecule has 8 heteroatoms. The van der Waals surface area contributed by atoms with Crippen LogP contribution in [0, 0.1) is 0 Å². The summed E-state index contributed by atoms with van der Waals surface area (Å²) < 4.78 is 6.46. The molecule has 30 heavy (non-hydrogen) atoms. The molecule has 0 fully saturated rings. The highest BCUT2D eigenvalue weighted by molar-refractivity contribution is 7.21. The molecule has 0 unspecified atom stereocenters. The first-order valence-corrected chi connectivity index (χ1v) is 10.0. The van der Waals surface area contributed by atoms with Crippen LogP contribution in [0.3, 0.4) is 0 Å². The second kappa shape index (κ2) is 8.86. The van der Waals surface area contributed by atoms with Gasteiger partial charge in [-0.25, -0.2) is 10.2 Å². The van der Waals surface area contributed by atoms with Crippen molar-refractivity contribution >= 4 is 51.1 Å². The molecule has 2 heterocycles. The lowest BCUT2D eigenvalue weighted by Gasteiger charge is -2.06. The standard InChI is InChI=1S/C22H14ClN3O3S/c23-19-16-8-2-4-10-18(16)30-20(19)22(28)29-17-9-3-1-6-14(17)13-25-26-21(27)15-7-5-11-24-12-15/h1-13H,(H,26,27)/b25-13-. The van der Waals surface area contributed by atoms with Crippen molar-refractivity contribution in [3.8, 4) is 5.75 Å². The Labute approximate surface area is 180 Å². The Balaban J connectivity index is 1.51. The van der Waals surface area contributed by atoms with Crippen molar-refractivity contribution in [1.82, 2.24) is 10.4 Å². The number of nitrogens with one attached hydrogen (secondary N) is 1. The minimum atomic E-state index is -0.554. The van der Waals surface area contributed by atoms with Gasteiger partial charge in [0.15, 0.2) is 0 Å². The summed E-state index contributed by atoms with van der Waals surface area (Å²) in [5, 5.41) is 5.12. The summed E-state index contributed by atoms with van der Waals surface area (Å²) in [4.78, 5) is 29.0. The minimum absolute atomic E-state index is 0.301. The number of benzene rings is 2. The molecule has 0 bridgehead atoms. The van der Waals surface area contributed by atoms with Crippen LogP contribution in [-0.2, 0) is 0 Å². The van der Waals surface area contributed by atoms with Gasteiger partial charge in [-0.05, 0) is 30.3 Å². The Morgan fingerprint density at radius 2 is 1.87 bits per heavy atom. The van der Waals surface area contributed by atoms with Crippen LogP contribution in [0.25, 0.3) is 10.1 Å². The average Bonchev–Trinajstić information content (AvgIpc) is 3.12. The van der Waals surface area contributed by atoms with E-state index in [0.717, 1.165) is 10.1 Å². The zero-order valence-corrected chi connectivity index (χ0v) is 17.0. The number of esters is 1. The van der Waals surface area contributed by atoms with Crippen molar-refractivity contribution < 1.29 is 14.3 Å². The fourth-order valence-electron chi connectivity index (χ4n) is 2.69. The number of amides is 1. The molecule has 6 nitrogen and oxygen atoms in total. The van der Waals surface area contributed by atoms with Gasteiger partial charge in [0.2, 0.25) is 0 Å². The van der Waals surface area contributed by atoms with Crippen LogP contribution in [0.4, 0.5) is 0 Å². The summed E-state index contributed by atoms with van der Waals surface area (Å²) in [6.45, 7) is 0. The molecule has 1 amide bonds. The SMILES string of the molecule is O=C(N/N=C\c1ccccc1OC(=O)c1sc2ccccc2c1Cl)c1cccnc1. The number of hydrazone groups is 1. The Morgan fingerprint density at radius 3 is 2.67 bits per heavy atom. The smallest absolute Gasteiger partial charge is 0.355 e. The number of para-hydroxylation sites is 1. The molecule has 0 aliphatic carbocycles. The predicted molar refractivity (Wildman–Crippen MR) is 118 cm³/mol. The van der Waals surface area contributed by atoms with Gasteiger partial charge in [-0.1, -0.05) is 41.9 Å². The first-order valence-electron chi connectivity index (χ1n) is 8.85. The fraction of sp³-hybridized carbons (Fsp3) is 0. The van der Waals surface area contributed by atoms with Gasteiger partial charge in [0, 0.05) is 28.0 Å². The Kier molecular flexibility index (Phi) is 5.83. The van der Waals surface area contributed by atoms with E-state index < -0.39 is 11.9 Å². The summed E-state index contributed by atoms with van der Waals surface area (Å²) in [5.74, 6) is -0.650. The van der Waals surface area contributed by atoms with Crippen LogP contribution in [-0.4, -0.2) is 23.1 Å². The van der Waals surface area contributed by atoms with Crippen LogP contribution >= 0.6 is 22.9 Å². The van der Waals surface area contributed by atoms with Crippen LogP contribution in [0.2, 0.25) is 5.02 Å². The molecule has 0 radical (unpaired) electrons. The first-order chi connectivity index (χ1) is 14.6. The Bertz CT molecular complexity index is 1250. The van der Waals surface area contributed by atoms with Crippen LogP contribution in [0.1, 0.15) is 25.6 Å². The molecular weight excluding hydrogens is 422 g/mol. The molecule has 4 aromatic rings. The lowest BCUT2D eigenvalue weighted by Crippen LogP contribution is -2.17. The lowest BCUT2D eigenvalue weighted by molar-refractivity contribution is 0.0739. The molecule has 0 spiro atoms. The number of nitrogens with zero attached hydrogens (tertiary/aromatic N) is 2. The third-order valence-corrected chi connectivity index (χ3v) is 5.79. The minimum Gasteiger partial charge on any atom is -0.422 e. The van der Waals surface area contributed by atoms with E-state index in [1.54, 1.807) is 42.6 Å². The third kappa shape index (κ3) is 4.22. The van der Waals surface area contributed by atoms with Crippen LogP contribution < -0.4 is 10.2 Å². The van der Waals surface area contributed by atoms with E-state index in [-0.39, 0.29) is 0 Å². The van der Waals surface area contributed by atoms with Crippen molar-refractivity contribution in [3.05, 3.63) is 94.1 Å². The van der Waals surface area contributed by atoms with Gasteiger partial charge >= 0.3 is 5.97 Å². The summed E-state index contributed by atoms with van der Waals surface area (Å²) in [6.07, 6.45) is 4.42. The highest BCUT2D eigenvalue weighted by Crippen LogP contribution is 2.35. The van der Waals surface area contributed by atoms with E-state index in [4.69, 9.17) is 16.3 Å². The van der Waals surface area contributed by atoms with Gasteiger partial charge in [0.25, 0.3) is 5.91 Å². The van der Waals surface area contributed by atoms with Gasteiger partial charge in [0.05, 0.1) is 16.8 Å². The molecule has 0 saturated carbocycles. The van der Waals surface area contributed by atoms with Gasteiger partial charge in [-0.3, -0.25) is 9.78 Å². The van der Waals surface area contributed by atoms with E-state index in [0.29, 0.717) is 26.8 Å². The zero-order chi connectivity index (χ0) is 20.9. The maximum absolute atomic E-state index is 12.7. The third-order valence-electron chi connectivity index (χ3n) is 4.14. The van der Waals surface area contributed by atoms with Crippen molar-refractivity contribution in [2.45, 2.75) is 0 Å². The largest absolute Gasteiger partial charge is 0.422 e. The first kappa shape index (κ1) is 19.8. The number of hydrogen-bond donors (Lipinski definition) is 1. The molecule has 0 saturated heterocycles. The van der Waals surface area contributed by atoms with Crippen molar-refractivity contribution in [2.75, 3.05) is 0 Å². The van der Waals surface area contributed by atoms with Crippen LogP contribution in [0.5, 0.6) is 5.75 Å². The summed E-state index contributed by atoms with van der Waals surface area (Å²) in [7, 11) is 0. The summed E-state index contributed by atoms with van der Waals surface area (Å²) in [5.41, 5.74) is 3.32. The fourth-order valence-corrected chi connectivity index (χ4v) is 4.08. The van der Waals surface area contributed by atoms with Crippen molar-refractivity contribution in [3.63, 3.8) is 0 Å². The van der Waals surface area contributed by atoms with Crippen molar-refractivity contribution in [1.29, 1.82) is 0 Å². The highest BCUT2D eigenvalue weighted by atomic mass is 35.5. The maximum Gasteiger partial charge on any atom is 0.355 e. The molecule has 2 aromatic carbocycles. The van der Waals surface area contributed by atoms with Crippen molar-refractivity contribution in [2.24, 2.45) is 5.10 Å². The number of pyridine rings is 1. The van der Waals surface area contributed by atoms with E-state index in [1.807, 2.05) is 24.3 Å². The monoisotopic (exact) mass is 435 g/mol.